The van der Waals surface area contributed by atoms with Crippen molar-refractivity contribution in [3.63, 3.8) is 0 Å². The molecule has 2 rings (SSSR count). The highest BCUT2D eigenvalue weighted by molar-refractivity contribution is 5.71. The van der Waals surface area contributed by atoms with Gasteiger partial charge in [-0.15, -0.1) is 0 Å². The van der Waals surface area contributed by atoms with E-state index in [-0.39, 0.29) is 23.7 Å². The van der Waals surface area contributed by atoms with Crippen LogP contribution in [-0.2, 0) is 4.79 Å². The predicted molar refractivity (Wildman–Crippen MR) is 64.5 cm³/mol. The van der Waals surface area contributed by atoms with Crippen molar-refractivity contribution in [2.75, 3.05) is 13.1 Å². The maximum Gasteiger partial charge on any atom is 0.308 e. The van der Waals surface area contributed by atoms with E-state index in [1.54, 1.807) is 6.07 Å². The molecule has 18 heavy (non-hydrogen) atoms. The van der Waals surface area contributed by atoms with Gasteiger partial charge in [-0.25, -0.2) is 4.39 Å². The number of nitrogens with zero attached hydrogens (tertiary/aromatic N) is 2. The van der Waals surface area contributed by atoms with Crippen LogP contribution < -0.4 is 0 Å². The molecule has 1 fully saturated rings. The number of likely N-dealkylation sites (tertiary alicyclic amines) is 1. The number of carboxylic acid groups (broad SMARTS) is 1. The van der Waals surface area contributed by atoms with Gasteiger partial charge in [0.05, 0.1) is 17.8 Å². The van der Waals surface area contributed by atoms with Crippen LogP contribution in [0.5, 0.6) is 0 Å². The van der Waals surface area contributed by atoms with Crippen LogP contribution in [0.4, 0.5) is 4.39 Å². The average molecular weight is 252 g/mol. The summed E-state index contributed by atoms with van der Waals surface area (Å²) in [6, 6.07) is 3.04. The molecule has 3 atom stereocenters. The van der Waals surface area contributed by atoms with Gasteiger partial charge in [0, 0.05) is 19.1 Å². The molecule has 1 aromatic rings. The Balaban J connectivity index is 2.09. The number of aromatic nitrogens is 1. The molecule has 0 aliphatic carbocycles. The molecule has 1 aromatic heterocycles. The van der Waals surface area contributed by atoms with Crippen LogP contribution in [0.2, 0.25) is 0 Å². The third-order valence-corrected chi connectivity index (χ3v) is 3.68. The van der Waals surface area contributed by atoms with Crippen molar-refractivity contribution < 1.29 is 14.3 Å². The van der Waals surface area contributed by atoms with Crippen LogP contribution in [0.15, 0.2) is 18.3 Å². The molecule has 5 heteroatoms. The lowest BCUT2D eigenvalue weighted by molar-refractivity contribution is -0.142. The topological polar surface area (TPSA) is 53.4 Å². The van der Waals surface area contributed by atoms with Crippen molar-refractivity contribution in [2.45, 2.75) is 19.9 Å². The fourth-order valence-electron chi connectivity index (χ4n) is 2.46. The fraction of sp³-hybridized carbons (Fsp3) is 0.538. The Morgan fingerprint density at radius 1 is 1.56 bits per heavy atom. The van der Waals surface area contributed by atoms with Crippen molar-refractivity contribution in [1.29, 1.82) is 0 Å². The third kappa shape index (κ3) is 2.51. The van der Waals surface area contributed by atoms with E-state index in [4.69, 9.17) is 5.11 Å². The van der Waals surface area contributed by atoms with Crippen molar-refractivity contribution >= 4 is 5.97 Å². The third-order valence-electron chi connectivity index (χ3n) is 3.68. The van der Waals surface area contributed by atoms with E-state index in [1.807, 2.05) is 13.8 Å². The first-order chi connectivity index (χ1) is 8.49. The molecule has 1 saturated heterocycles. The Kier molecular flexibility index (Phi) is 3.61. The van der Waals surface area contributed by atoms with E-state index in [0.29, 0.717) is 6.54 Å². The smallest absolute Gasteiger partial charge is 0.308 e. The van der Waals surface area contributed by atoms with Crippen molar-refractivity contribution in [2.24, 2.45) is 11.8 Å². The summed E-state index contributed by atoms with van der Waals surface area (Å²) in [5.74, 6) is -1.30. The minimum atomic E-state index is -0.746. The summed E-state index contributed by atoms with van der Waals surface area (Å²) in [6.45, 7) is 5.18. The molecule has 0 radical (unpaired) electrons. The van der Waals surface area contributed by atoms with Gasteiger partial charge in [0.25, 0.3) is 0 Å². The Labute approximate surface area is 105 Å². The van der Waals surface area contributed by atoms with Gasteiger partial charge in [-0.05, 0) is 25.0 Å². The van der Waals surface area contributed by atoms with Gasteiger partial charge in [0.2, 0.25) is 0 Å². The highest BCUT2D eigenvalue weighted by Gasteiger charge is 2.37. The molecule has 1 aliphatic rings. The zero-order chi connectivity index (χ0) is 13.3. The zero-order valence-corrected chi connectivity index (χ0v) is 10.5. The molecule has 0 bridgehead atoms. The number of aliphatic carboxylic acids is 1. The first-order valence-electron chi connectivity index (χ1n) is 6.07. The highest BCUT2D eigenvalue weighted by Crippen LogP contribution is 2.30. The summed E-state index contributed by atoms with van der Waals surface area (Å²) in [6.07, 6.45) is 1.19. The van der Waals surface area contributed by atoms with Crippen LogP contribution in [0.25, 0.3) is 0 Å². The Hall–Kier alpha value is -1.49. The second-order valence-electron chi connectivity index (χ2n) is 4.95. The van der Waals surface area contributed by atoms with Crippen LogP contribution in [0.3, 0.4) is 0 Å². The maximum absolute atomic E-state index is 12.8. The van der Waals surface area contributed by atoms with Crippen molar-refractivity contribution in [3.05, 3.63) is 29.8 Å². The van der Waals surface area contributed by atoms with Crippen LogP contribution in [0, 0.1) is 17.7 Å². The van der Waals surface area contributed by atoms with Gasteiger partial charge in [0.1, 0.15) is 5.82 Å². The van der Waals surface area contributed by atoms with Crippen molar-refractivity contribution in [1.82, 2.24) is 9.88 Å². The molecule has 0 aromatic carbocycles. The average Bonchev–Trinajstić information content (AvgIpc) is 2.71. The lowest BCUT2D eigenvalue weighted by atomic mass is 9.99. The van der Waals surface area contributed by atoms with E-state index in [1.165, 1.54) is 12.3 Å². The number of carboxylic acids is 1. The zero-order valence-electron chi connectivity index (χ0n) is 10.5. The lowest BCUT2D eigenvalue weighted by Gasteiger charge is -2.23. The molecular weight excluding hydrogens is 235 g/mol. The van der Waals surface area contributed by atoms with E-state index in [2.05, 4.69) is 9.88 Å². The second kappa shape index (κ2) is 5.02. The molecule has 1 aliphatic heterocycles. The predicted octanol–water partition coefficient (Wildman–Crippen LogP) is 1.93. The number of hydrogen-bond acceptors (Lipinski definition) is 3. The standard InChI is InChI=1S/C13H17FN2O2/c1-8-6-16(7-11(8)13(17)18)9(2)12-4-3-10(14)5-15-12/h3-5,8-9,11H,6-7H2,1-2H3,(H,17,18). The lowest BCUT2D eigenvalue weighted by Crippen LogP contribution is -2.26. The van der Waals surface area contributed by atoms with Gasteiger partial charge in [-0.1, -0.05) is 6.92 Å². The van der Waals surface area contributed by atoms with Crippen molar-refractivity contribution in [3.8, 4) is 0 Å². The summed E-state index contributed by atoms with van der Waals surface area (Å²) >= 11 is 0. The van der Waals surface area contributed by atoms with Gasteiger partial charge in [0.15, 0.2) is 0 Å². The van der Waals surface area contributed by atoms with Gasteiger partial charge >= 0.3 is 5.97 Å². The Morgan fingerprint density at radius 2 is 2.28 bits per heavy atom. The minimum absolute atomic E-state index is 0.0115. The number of pyridine rings is 1. The summed E-state index contributed by atoms with van der Waals surface area (Å²) in [5, 5.41) is 9.10. The second-order valence-corrected chi connectivity index (χ2v) is 4.95. The molecule has 3 unspecified atom stereocenters. The summed E-state index contributed by atoms with van der Waals surface area (Å²) in [7, 11) is 0. The molecular formula is C13H17FN2O2. The number of rotatable bonds is 3. The highest BCUT2D eigenvalue weighted by atomic mass is 19.1. The van der Waals surface area contributed by atoms with E-state index >= 15 is 0 Å². The van der Waals surface area contributed by atoms with E-state index in [0.717, 1.165) is 12.2 Å². The SMILES string of the molecule is CC1CN(C(C)c2ccc(F)cn2)CC1C(=O)O. The summed E-state index contributed by atoms with van der Waals surface area (Å²) in [5.41, 5.74) is 0.773. The Bertz CT molecular complexity index is 435. The molecule has 0 spiro atoms. The molecule has 0 saturated carbocycles. The van der Waals surface area contributed by atoms with Gasteiger partial charge in [-0.2, -0.15) is 0 Å². The summed E-state index contributed by atoms with van der Waals surface area (Å²) in [4.78, 5) is 17.2. The molecule has 4 nitrogen and oxygen atoms in total. The first-order valence-corrected chi connectivity index (χ1v) is 6.07. The number of hydrogen-bond donors (Lipinski definition) is 1. The van der Waals surface area contributed by atoms with E-state index in [9.17, 15) is 9.18 Å². The van der Waals surface area contributed by atoms with Gasteiger partial charge < -0.3 is 5.11 Å². The Morgan fingerprint density at radius 3 is 2.78 bits per heavy atom. The molecule has 1 N–H and O–H groups in total. The van der Waals surface area contributed by atoms with Crippen LogP contribution >= 0.6 is 0 Å². The maximum atomic E-state index is 12.8. The normalized spacial score (nSPS) is 26.2. The number of carbonyl (C=O) groups is 1. The largest absolute Gasteiger partial charge is 0.481 e. The molecule has 0 amide bonds. The quantitative estimate of drug-likeness (QED) is 0.893. The molecule has 2 heterocycles. The first kappa shape index (κ1) is 13.0. The van der Waals surface area contributed by atoms with Crippen LogP contribution in [-0.4, -0.2) is 34.0 Å². The minimum Gasteiger partial charge on any atom is -0.481 e. The van der Waals surface area contributed by atoms with E-state index < -0.39 is 5.97 Å². The van der Waals surface area contributed by atoms with Gasteiger partial charge in [-0.3, -0.25) is 14.7 Å². The summed E-state index contributed by atoms with van der Waals surface area (Å²) < 4.78 is 12.8. The number of halogens is 1. The fourth-order valence-corrected chi connectivity index (χ4v) is 2.46. The van der Waals surface area contributed by atoms with Crippen LogP contribution in [0.1, 0.15) is 25.6 Å². The monoisotopic (exact) mass is 252 g/mol. The molecule has 98 valence electrons.